The number of hydrogen-bond acceptors (Lipinski definition) is 3. The van der Waals surface area contributed by atoms with Gasteiger partial charge in [0.1, 0.15) is 17.7 Å². The molecule has 4 nitrogen and oxygen atoms in total. The molecule has 1 aliphatic rings. The molecule has 4 heteroatoms. The van der Waals surface area contributed by atoms with Crippen LogP contribution in [0.25, 0.3) is 33.1 Å². The molecule has 2 aromatic carbocycles. The largest absolute Gasteiger partial charge is 0.452 e. The number of aryl methyl sites for hydroxylation is 1. The van der Waals surface area contributed by atoms with E-state index in [0.717, 1.165) is 51.0 Å². The fourth-order valence-electron chi connectivity index (χ4n) is 3.31. The lowest BCUT2D eigenvalue weighted by molar-refractivity contribution is -0.476. The number of nitrogens with zero attached hydrogens (tertiary/aromatic N) is 2. The molecule has 23 heavy (non-hydrogen) atoms. The predicted octanol–water partition coefficient (Wildman–Crippen LogP) is 4.11. The fourth-order valence-corrected chi connectivity index (χ4v) is 3.31. The third kappa shape index (κ3) is 1.66. The second-order valence-corrected chi connectivity index (χ2v) is 6.04. The molecule has 0 unspecified atom stereocenters. The Hall–Kier alpha value is -2.88. The molecule has 0 saturated carbocycles. The Morgan fingerprint density at radius 1 is 1.00 bits per heavy atom. The van der Waals surface area contributed by atoms with E-state index in [1.807, 2.05) is 37.5 Å². The Labute approximate surface area is 132 Å². The normalized spacial score (nSPS) is 14.9. The smallest absolute Gasteiger partial charge is 0.325 e. The molecule has 4 aromatic rings. The zero-order valence-electron chi connectivity index (χ0n) is 13.0. The lowest BCUT2D eigenvalue weighted by Crippen LogP contribution is -2.13. The maximum atomic E-state index is 6.12. The second kappa shape index (κ2) is 4.32. The topological polar surface area (TPSA) is 41.6 Å². The van der Waals surface area contributed by atoms with Crippen LogP contribution in [0.3, 0.4) is 0 Å². The van der Waals surface area contributed by atoms with E-state index in [1.165, 1.54) is 5.56 Å². The van der Waals surface area contributed by atoms with E-state index in [4.69, 9.17) is 8.83 Å². The molecule has 0 fully saturated rings. The first kappa shape index (κ1) is 12.6. The van der Waals surface area contributed by atoms with E-state index in [0.29, 0.717) is 0 Å². The van der Waals surface area contributed by atoms with Crippen molar-refractivity contribution in [1.29, 1.82) is 0 Å². The first-order chi connectivity index (χ1) is 11.2. The van der Waals surface area contributed by atoms with Crippen molar-refractivity contribution in [2.45, 2.75) is 6.92 Å². The minimum Gasteiger partial charge on any atom is -0.452 e. The van der Waals surface area contributed by atoms with Crippen molar-refractivity contribution >= 4 is 45.2 Å². The summed E-state index contributed by atoms with van der Waals surface area (Å²) in [7, 11) is 2.05. The van der Waals surface area contributed by atoms with Gasteiger partial charge in [0, 0.05) is 0 Å². The van der Waals surface area contributed by atoms with Crippen LogP contribution in [0.5, 0.6) is 0 Å². The van der Waals surface area contributed by atoms with Crippen molar-refractivity contribution in [1.82, 2.24) is 0 Å². The summed E-state index contributed by atoms with van der Waals surface area (Å²) in [5, 5.41) is 2.03. The van der Waals surface area contributed by atoms with Gasteiger partial charge < -0.3 is 8.83 Å². The van der Waals surface area contributed by atoms with Gasteiger partial charge >= 0.3 is 5.84 Å². The van der Waals surface area contributed by atoms with Gasteiger partial charge in [-0.25, -0.2) is 0 Å². The zero-order valence-corrected chi connectivity index (χ0v) is 13.0. The van der Waals surface area contributed by atoms with Crippen LogP contribution >= 0.6 is 0 Å². The average molecular weight is 303 g/mol. The lowest BCUT2D eigenvalue weighted by atomic mass is 10.1. The molecule has 3 heterocycles. The van der Waals surface area contributed by atoms with Gasteiger partial charge in [-0.3, -0.25) is 4.58 Å². The third-order valence-corrected chi connectivity index (χ3v) is 4.50. The molecule has 0 amide bonds. The number of aliphatic imine (C=N–C) groups is 1. The summed E-state index contributed by atoms with van der Waals surface area (Å²) in [6.45, 7) is 2.95. The number of para-hydroxylation sites is 1. The molecule has 0 spiro atoms. The standard InChI is InChI=1S/C19H15N2O2/c1-11-9-14-16(10-13(11)19-20-7-8-21(19)2)23-17-12-5-3-4-6-15(12)22-18(14)17/h3-7,9-10H,8H2,1-2H3/q+1. The maximum absolute atomic E-state index is 6.12. The molecule has 5 rings (SSSR count). The summed E-state index contributed by atoms with van der Waals surface area (Å²) >= 11 is 0. The Bertz CT molecular complexity index is 1160. The lowest BCUT2D eigenvalue weighted by Gasteiger charge is -2.01. The van der Waals surface area contributed by atoms with E-state index < -0.39 is 0 Å². The van der Waals surface area contributed by atoms with Crippen molar-refractivity contribution in [3.63, 3.8) is 0 Å². The summed E-state index contributed by atoms with van der Waals surface area (Å²) in [5.74, 6) is 0.988. The van der Waals surface area contributed by atoms with Crippen molar-refractivity contribution in [2.75, 3.05) is 13.6 Å². The summed E-state index contributed by atoms with van der Waals surface area (Å²) in [4.78, 5) is 4.50. The minimum atomic E-state index is 0.820. The highest BCUT2D eigenvalue weighted by Gasteiger charge is 2.23. The summed E-state index contributed by atoms with van der Waals surface area (Å²) in [6, 6.07) is 12.2. The molecule has 1 aliphatic heterocycles. The average Bonchev–Trinajstić information content (AvgIpc) is 3.21. The quantitative estimate of drug-likeness (QED) is 0.496. The van der Waals surface area contributed by atoms with E-state index in [-0.39, 0.29) is 0 Å². The van der Waals surface area contributed by atoms with Crippen LogP contribution in [0, 0.1) is 6.92 Å². The van der Waals surface area contributed by atoms with Gasteiger partial charge in [-0.05, 0) is 41.7 Å². The molecular formula is C19H15N2O2+. The fraction of sp³-hybridized carbons (Fsp3) is 0.158. The van der Waals surface area contributed by atoms with Crippen LogP contribution in [0.2, 0.25) is 0 Å². The molecule has 0 N–H and O–H groups in total. The van der Waals surface area contributed by atoms with Crippen LogP contribution in [0.4, 0.5) is 0 Å². The predicted molar refractivity (Wildman–Crippen MR) is 91.9 cm³/mol. The van der Waals surface area contributed by atoms with Gasteiger partial charge in [-0.2, -0.15) is 0 Å². The maximum Gasteiger partial charge on any atom is 0.325 e. The van der Waals surface area contributed by atoms with E-state index in [2.05, 4.69) is 28.6 Å². The van der Waals surface area contributed by atoms with Crippen molar-refractivity contribution in [3.8, 4) is 0 Å². The highest BCUT2D eigenvalue weighted by molar-refractivity contribution is 6.14. The number of hydrogen-bond donors (Lipinski definition) is 0. The highest BCUT2D eigenvalue weighted by Crippen LogP contribution is 2.37. The van der Waals surface area contributed by atoms with Crippen LogP contribution in [0.1, 0.15) is 11.1 Å². The number of benzene rings is 2. The molecule has 0 aliphatic carbocycles. The molecule has 0 radical (unpaired) electrons. The first-order valence-electron chi connectivity index (χ1n) is 7.68. The summed E-state index contributed by atoms with van der Waals surface area (Å²) in [5.41, 5.74) is 5.62. The van der Waals surface area contributed by atoms with Gasteiger partial charge in [-0.15, -0.1) is 0 Å². The van der Waals surface area contributed by atoms with Gasteiger partial charge in [0.2, 0.25) is 0 Å². The second-order valence-electron chi connectivity index (χ2n) is 6.04. The third-order valence-electron chi connectivity index (χ3n) is 4.50. The van der Waals surface area contributed by atoms with E-state index in [9.17, 15) is 0 Å². The van der Waals surface area contributed by atoms with Crippen molar-refractivity contribution in [2.24, 2.45) is 4.99 Å². The molecule has 0 saturated heterocycles. The molecule has 0 bridgehead atoms. The summed E-state index contributed by atoms with van der Waals surface area (Å²) < 4.78 is 14.3. The zero-order chi connectivity index (χ0) is 15.6. The molecular weight excluding hydrogens is 288 g/mol. The Morgan fingerprint density at radius 2 is 1.78 bits per heavy atom. The molecule has 0 atom stereocenters. The Balaban J connectivity index is 1.86. The van der Waals surface area contributed by atoms with Gasteiger partial charge in [0.15, 0.2) is 17.4 Å². The monoisotopic (exact) mass is 303 g/mol. The van der Waals surface area contributed by atoms with E-state index in [1.54, 1.807) is 0 Å². The van der Waals surface area contributed by atoms with Gasteiger partial charge in [0.05, 0.1) is 23.4 Å². The number of amidine groups is 1. The number of fused-ring (bicyclic) bond motifs is 5. The minimum absolute atomic E-state index is 0.820. The van der Waals surface area contributed by atoms with Crippen LogP contribution in [-0.2, 0) is 0 Å². The number of furan rings is 2. The van der Waals surface area contributed by atoms with Crippen LogP contribution in [0.15, 0.2) is 50.2 Å². The Kier molecular flexibility index (Phi) is 2.37. The van der Waals surface area contributed by atoms with Crippen LogP contribution < -0.4 is 0 Å². The van der Waals surface area contributed by atoms with Gasteiger partial charge in [-0.1, -0.05) is 12.1 Å². The summed E-state index contributed by atoms with van der Waals surface area (Å²) in [6.07, 6.45) is 1.93. The SMILES string of the molecule is Cc1cc2c(cc1C1=[N+](C)CC=N1)oc1c3ccccc3oc21. The highest BCUT2D eigenvalue weighted by atomic mass is 16.4. The van der Waals surface area contributed by atoms with Crippen molar-refractivity contribution < 1.29 is 13.4 Å². The first-order valence-corrected chi connectivity index (χ1v) is 7.68. The molecule has 112 valence electrons. The Morgan fingerprint density at radius 3 is 2.61 bits per heavy atom. The van der Waals surface area contributed by atoms with E-state index >= 15 is 0 Å². The van der Waals surface area contributed by atoms with Gasteiger partial charge in [0.25, 0.3) is 0 Å². The van der Waals surface area contributed by atoms with Crippen LogP contribution in [-0.4, -0.2) is 30.2 Å². The number of rotatable bonds is 1. The van der Waals surface area contributed by atoms with Crippen molar-refractivity contribution in [3.05, 3.63) is 47.5 Å². The molecule has 2 aromatic heterocycles.